The number of nitrogens with one attached hydrogen (secondary N) is 1. The van der Waals surface area contributed by atoms with Gasteiger partial charge in [0.25, 0.3) is 5.56 Å². The molecule has 0 amide bonds. The van der Waals surface area contributed by atoms with Crippen molar-refractivity contribution in [3.8, 4) is 33.9 Å². The predicted molar refractivity (Wildman–Crippen MR) is 122 cm³/mol. The molecule has 34 heavy (non-hydrogen) atoms. The summed E-state index contributed by atoms with van der Waals surface area (Å²) in [6.45, 7) is 0.167. The van der Waals surface area contributed by atoms with Crippen molar-refractivity contribution in [3.63, 3.8) is 0 Å². The van der Waals surface area contributed by atoms with Crippen LogP contribution in [-0.4, -0.2) is 19.9 Å². The highest BCUT2D eigenvalue weighted by molar-refractivity contribution is 7.77. The Labute approximate surface area is 196 Å². The lowest BCUT2D eigenvalue weighted by atomic mass is 9.96. The Morgan fingerprint density at radius 3 is 2.56 bits per heavy atom. The van der Waals surface area contributed by atoms with Crippen LogP contribution in [0.2, 0.25) is 0 Å². The number of furan rings is 1. The average molecular weight is 485 g/mol. The van der Waals surface area contributed by atoms with E-state index < -0.39 is 22.9 Å². The first-order valence-electron chi connectivity index (χ1n) is 10.2. The normalized spacial score (nSPS) is 12.0. The molecule has 4 aromatic rings. The molecule has 0 spiro atoms. The summed E-state index contributed by atoms with van der Waals surface area (Å²) in [5.41, 5.74) is 2.07. The van der Waals surface area contributed by atoms with Gasteiger partial charge in [0, 0.05) is 59.9 Å². The van der Waals surface area contributed by atoms with Crippen molar-refractivity contribution in [2.24, 2.45) is 7.05 Å². The number of benzene rings is 2. The molecule has 2 aromatic carbocycles. The number of ether oxygens (including phenoxy) is 1. The molecule has 1 unspecified atom stereocenters. The van der Waals surface area contributed by atoms with Gasteiger partial charge in [0.1, 0.15) is 17.3 Å². The highest BCUT2D eigenvalue weighted by Gasteiger charge is 2.18. The smallest absolute Gasteiger partial charge is 0.251 e. The fraction of sp³-hybridized carbons (Fsp3) is 0.125. The zero-order valence-electron chi connectivity index (χ0n) is 17.9. The van der Waals surface area contributed by atoms with Crippen LogP contribution in [0.15, 0.2) is 76.3 Å². The number of pyridine rings is 1. The zero-order chi connectivity index (χ0) is 24.2. The van der Waals surface area contributed by atoms with Crippen LogP contribution >= 0.6 is 0 Å². The van der Waals surface area contributed by atoms with E-state index in [2.05, 4.69) is 4.72 Å². The quantitative estimate of drug-likeness (QED) is 0.375. The third kappa shape index (κ3) is 5.30. The highest BCUT2D eigenvalue weighted by Crippen LogP contribution is 2.39. The lowest BCUT2D eigenvalue weighted by Crippen LogP contribution is -2.19. The van der Waals surface area contributed by atoms with Gasteiger partial charge in [0.05, 0.1) is 6.26 Å². The van der Waals surface area contributed by atoms with E-state index in [9.17, 15) is 22.3 Å². The van der Waals surface area contributed by atoms with Crippen molar-refractivity contribution in [2.45, 2.75) is 6.42 Å². The standard InChI is InChI=1S/C24H20F2N2O5S/c1-28-14-19(18(13-24(28)29)21-3-2-10-32-21)17-11-15(8-9-27-34(30)31)4-6-22(17)33-23-7-5-16(25)12-20(23)26/h2-7,10-14,27H,8-9H2,1H3,(H,30,31)/p-1. The Bertz CT molecular complexity index is 1400. The first-order chi connectivity index (χ1) is 16.3. The number of aryl methyl sites for hydroxylation is 1. The maximum atomic E-state index is 14.3. The molecule has 0 saturated heterocycles. The summed E-state index contributed by atoms with van der Waals surface area (Å²) in [6, 6.07) is 12.9. The van der Waals surface area contributed by atoms with Gasteiger partial charge in [-0.2, -0.15) is 0 Å². The Kier molecular flexibility index (Phi) is 7.01. The summed E-state index contributed by atoms with van der Waals surface area (Å²) in [5.74, 6) is -1.09. The Hall–Kier alpha value is -3.60. The number of hydrogen-bond donors (Lipinski definition) is 1. The number of halogens is 2. The summed E-state index contributed by atoms with van der Waals surface area (Å²) >= 11 is -2.39. The van der Waals surface area contributed by atoms with E-state index in [4.69, 9.17) is 9.15 Å². The molecule has 2 aromatic heterocycles. The fourth-order valence-corrected chi connectivity index (χ4v) is 3.74. The van der Waals surface area contributed by atoms with Crippen molar-refractivity contribution in [1.82, 2.24) is 9.29 Å². The van der Waals surface area contributed by atoms with E-state index in [1.54, 1.807) is 43.6 Å². The Morgan fingerprint density at radius 2 is 1.85 bits per heavy atom. The van der Waals surface area contributed by atoms with Crippen LogP contribution in [0.25, 0.3) is 22.5 Å². The molecule has 0 aliphatic heterocycles. The SMILES string of the molecule is Cn1cc(-c2cc(CCNS(=O)[O-])ccc2Oc2ccc(F)cc2F)c(-c2ccco2)cc1=O. The lowest BCUT2D eigenvalue weighted by molar-refractivity contribution is 0.439. The minimum Gasteiger partial charge on any atom is -0.760 e. The maximum absolute atomic E-state index is 14.3. The first-order valence-corrected chi connectivity index (χ1v) is 11.2. The zero-order valence-corrected chi connectivity index (χ0v) is 18.7. The van der Waals surface area contributed by atoms with E-state index in [0.717, 1.165) is 17.7 Å². The summed E-state index contributed by atoms with van der Waals surface area (Å²) in [6.07, 6.45) is 3.46. The third-order valence-corrected chi connectivity index (χ3v) is 5.54. The number of nitrogens with zero attached hydrogens (tertiary/aromatic N) is 1. The molecule has 2 heterocycles. The summed E-state index contributed by atoms with van der Waals surface area (Å²) in [7, 11) is 1.59. The van der Waals surface area contributed by atoms with Crippen molar-refractivity contribution in [1.29, 1.82) is 0 Å². The minimum atomic E-state index is -2.39. The highest BCUT2D eigenvalue weighted by atomic mass is 32.2. The van der Waals surface area contributed by atoms with Crippen LogP contribution in [0.5, 0.6) is 11.5 Å². The van der Waals surface area contributed by atoms with Gasteiger partial charge in [0.15, 0.2) is 11.6 Å². The first kappa shape index (κ1) is 23.6. The van der Waals surface area contributed by atoms with Crippen LogP contribution in [0, 0.1) is 11.6 Å². The molecule has 176 valence electrons. The molecule has 10 heteroatoms. The van der Waals surface area contributed by atoms with Gasteiger partial charge in [-0.05, 0) is 48.4 Å². The second kappa shape index (κ2) is 10.1. The molecule has 0 aliphatic rings. The Morgan fingerprint density at radius 1 is 1.06 bits per heavy atom. The maximum Gasteiger partial charge on any atom is 0.251 e. The van der Waals surface area contributed by atoms with Gasteiger partial charge in [-0.1, -0.05) is 6.07 Å². The minimum absolute atomic E-state index is 0.167. The number of hydrogen-bond acceptors (Lipinski definition) is 5. The van der Waals surface area contributed by atoms with Crippen LogP contribution in [0.3, 0.4) is 0 Å². The van der Waals surface area contributed by atoms with E-state index in [1.807, 2.05) is 0 Å². The molecule has 1 atom stereocenters. The molecule has 4 rings (SSSR count). The van der Waals surface area contributed by atoms with Crippen LogP contribution < -0.4 is 15.0 Å². The van der Waals surface area contributed by atoms with E-state index in [0.29, 0.717) is 28.9 Å². The van der Waals surface area contributed by atoms with Crippen molar-refractivity contribution < 1.29 is 26.7 Å². The molecular weight excluding hydrogens is 466 g/mol. The van der Waals surface area contributed by atoms with Crippen LogP contribution in [-0.2, 0) is 24.7 Å². The van der Waals surface area contributed by atoms with Crippen molar-refractivity contribution >= 4 is 11.3 Å². The van der Waals surface area contributed by atoms with Gasteiger partial charge < -0.3 is 18.3 Å². The molecule has 0 saturated carbocycles. The fourth-order valence-electron chi connectivity index (χ4n) is 3.47. The van der Waals surface area contributed by atoms with Gasteiger partial charge in [-0.3, -0.25) is 9.00 Å². The molecule has 0 bridgehead atoms. The summed E-state index contributed by atoms with van der Waals surface area (Å²) in [4.78, 5) is 12.4. The van der Waals surface area contributed by atoms with Crippen LogP contribution in [0.1, 0.15) is 5.56 Å². The third-order valence-electron chi connectivity index (χ3n) is 5.10. The molecule has 0 fully saturated rings. The molecular formula is C24H19F2N2O5S-. The van der Waals surface area contributed by atoms with Crippen molar-refractivity contribution in [2.75, 3.05) is 6.54 Å². The molecule has 1 N–H and O–H groups in total. The average Bonchev–Trinajstić information content (AvgIpc) is 3.32. The van der Waals surface area contributed by atoms with E-state index in [-0.39, 0.29) is 23.6 Å². The monoisotopic (exact) mass is 485 g/mol. The predicted octanol–water partition coefficient (Wildman–Crippen LogP) is 4.31. The van der Waals surface area contributed by atoms with E-state index in [1.165, 1.54) is 23.0 Å². The second-order valence-electron chi connectivity index (χ2n) is 7.41. The van der Waals surface area contributed by atoms with Gasteiger partial charge in [0.2, 0.25) is 0 Å². The topological polar surface area (TPSA) is 96.5 Å². The van der Waals surface area contributed by atoms with Gasteiger partial charge in [-0.25, -0.2) is 13.5 Å². The number of aromatic nitrogens is 1. The van der Waals surface area contributed by atoms with Crippen LogP contribution in [0.4, 0.5) is 8.78 Å². The molecule has 0 radical (unpaired) electrons. The van der Waals surface area contributed by atoms with E-state index >= 15 is 0 Å². The largest absolute Gasteiger partial charge is 0.760 e. The summed E-state index contributed by atoms with van der Waals surface area (Å²) < 4.78 is 64.3. The number of rotatable bonds is 8. The lowest BCUT2D eigenvalue weighted by Gasteiger charge is -2.17. The van der Waals surface area contributed by atoms with Gasteiger partial charge >= 0.3 is 0 Å². The second-order valence-corrected chi connectivity index (χ2v) is 8.17. The summed E-state index contributed by atoms with van der Waals surface area (Å²) in [5, 5.41) is 0. The van der Waals surface area contributed by atoms with Gasteiger partial charge in [-0.15, -0.1) is 0 Å². The van der Waals surface area contributed by atoms with Crippen molar-refractivity contribution in [3.05, 3.63) is 94.6 Å². The molecule has 7 nitrogen and oxygen atoms in total. The Balaban J connectivity index is 1.85. The molecule has 0 aliphatic carbocycles.